The Balaban J connectivity index is 0.990. The lowest BCUT2D eigenvalue weighted by Crippen LogP contribution is -2.47. The van der Waals surface area contributed by atoms with Gasteiger partial charge in [0.05, 0.1) is 38.3 Å². The molecular formula is C36H37N9O4. The zero-order valence-corrected chi connectivity index (χ0v) is 27.2. The van der Waals surface area contributed by atoms with E-state index >= 15 is 0 Å². The molecule has 4 aromatic heterocycles. The van der Waals surface area contributed by atoms with Crippen molar-refractivity contribution >= 4 is 34.2 Å². The third kappa shape index (κ3) is 6.18. The van der Waals surface area contributed by atoms with Crippen LogP contribution in [0.2, 0.25) is 0 Å². The third-order valence-corrected chi connectivity index (χ3v) is 9.45. The predicted octanol–water partition coefficient (Wildman–Crippen LogP) is 4.02. The summed E-state index contributed by atoms with van der Waals surface area (Å²) in [5, 5.41) is 9.18. The van der Waals surface area contributed by atoms with E-state index in [1.807, 2.05) is 47.3 Å². The number of carbonyl (C=O) groups excluding carboxylic acids is 2. The number of hydrogen-bond donors (Lipinski definition) is 2. The van der Waals surface area contributed by atoms with E-state index in [1.165, 1.54) is 0 Å². The van der Waals surface area contributed by atoms with Crippen molar-refractivity contribution in [1.82, 2.24) is 34.5 Å². The molecule has 5 aromatic rings. The van der Waals surface area contributed by atoms with E-state index in [2.05, 4.69) is 31.4 Å². The number of methoxy groups -OCH3 is 1. The molecule has 0 atom stereocenters. The summed E-state index contributed by atoms with van der Waals surface area (Å²) in [5.41, 5.74) is 11.1. The third-order valence-electron chi connectivity index (χ3n) is 9.45. The van der Waals surface area contributed by atoms with E-state index in [9.17, 15) is 9.59 Å². The number of hydrogen-bond acceptors (Lipinski definition) is 10. The van der Waals surface area contributed by atoms with Crippen molar-refractivity contribution in [2.24, 2.45) is 5.92 Å². The molecule has 1 aromatic carbocycles. The first-order valence-corrected chi connectivity index (χ1v) is 16.6. The Morgan fingerprint density at radius 1 is 0.980 bits per heavy atom. The molecule has 13 heteroatoms. The zero-order valence-electron chi connectivity index (χ0n) is 27.2. The maximum Gasteiger partial charge on any atom is 0.272 e. The maximum atomic E-state index is 12.9. The molecule has 3 aliphatic rings. The number of nitrogens with one attached hydrogen (secondary N) is 1. The summed E-state index contributed by atoms with van der Waals surface area (Å²) < 4.78 is 13.4. The van der Waals surface area contributed by atoms with E-state index < -0.39 is 0 Å². The van der Waals surface area contributed by atoms with Gasteiger partial charge in [-0.05, 0) is 31.0 Å². The number of carbonyl (C=O) groups is 2. The molecule has 1 saturated carbocycles. The van der Waals surface area contributed by atoms with E-state index in [4.69, 9.17) is 20.3 Å². The fourth-order valence-corrected chi connectivity index (χ4v) is 6.57. The van der Waals surface area contributed by atoms with Crippen LogP contribution in [0.4, 0.5) is 11.6 Å². The van der Waals surface area contributed by atoms with Crippen LogP contribution in [0.3, 0.4) is 0 Å². The first kappa shape index (κ1) is 30.9. The molecule has 250 valence electrons. The highest BCUT2D eigenvalue weighted by atomic mass is 16.5. The predicted molar refractivity (Wildman–Crippen MR) is 184 cm³/mol. The normalized spacial score (nSPS) is 16.8. The van der Waals surface area contributed by atoms with Crippen molar-refractivity contribution < 1.29 is 19.1 Å². The molecule has 6 heterocycles. The number of rotatable bonds is 9. The Kier molecular flexibility index (Phi) is 8.14. The maximum absolute atomic E-state index is 12.9. The summed E-state index contributed by atoms with van der Waals surface area (Å²) in [7, 11) is 1.66. The second-order valence-corrected chi connectivity index (χ2v) is 12.8. The minimum atomic E-state index is -0.0461. The molecule has 0 unspecified atom stereocenters. The number of para-hydroxylation sites is 1. The number of morpholine rings is 1. The van der Waals surface area contributed by atoms with Gasteiger partial charge >= 0.3 is 0 Å². The summed E-state index contributed by atoms with van der Waals surface area (Å²) in [6.45, 7) is 4.61. The summed E-state index contributed by atoms with van der Waals surface area (Å²) in [4.78, 5) is 43.0. The Morgan fingerprint density at radius 3 is 2.57 bits per heavy atom. The lowest BCUT2D eigenvalue weighted by atomic mass is 9.96. The lowest BCUT2D eigenvalue weighted by molar-refractivity contribution is -0.117. The molecular weight excluding hydrogens is 622 g/mol. The summed E-state index contributed by atoms with van der Waals surface area (Å²) in [5.74, 6) is 1.53. The van der Waals surface area contributed by atoms with Crippen molar-refractivity contribution in [2.75, 3.05) is 57.6 Å². The van der Waals surface area contributed by atoms with Crippen molar-refractivity contribution in [3.63, 3.8) is 0 Å². The number of nitrogen functional groups attached to an aromatic ring is 1. The molecule has 49 heavy (non-hydrogen) atoms. The van der Waals surface area contributed by atoms with Crippen molar-refractivity contribution in [3.05, 3.63) is 78.6 Å². The standard InChI is InChI=1S/C36H37N9O4/c1-48-33-26(5-3-6-27(33)29-16-39-34(37)30-17-38-32(14-28(29)30)42-35(46)22-8-9-22)23-15-40-45(18-23)25-20-43(21-25)19-24-4-2-7-31(41-24)36(47)44-10-12-49-13-11-44/h2-7,14-18,22,25H,8-13,19-21H2,1H3,(H2,37,39)(H,38,42,46). The molecule has 3 fully saturated rings. The van der Waals surface area contributed by atoms with Crippen LogP contribution in [0.1, 0.15) is 35.1 Å². The van der Waals surface area contributed by atoms with Gasteiger partial charge in [0.15, 0.2) is 0 Å². The molecule has 2 aliphatic heterocycles. The zero-order chi connectivity index (χ0) is 33.5. The van der Waals surface area contributed by atoms with Gasteiger partial charge in [0.2, 0.25) is 5.91 Å². The van der Waals surface area contributed by atoms with Gasteiger partial charge in [0.1, 0.15) is 23.1 Å². The largest absolute Gasteiger partial charge is 0.495 e. The molecule has 1 aliphatic carbocycles. The van der Waals surface area contributed by atoms with Crippen LogP contribution < -0.4 is 15.8 Å². The molecule has 3 N–H and O–H groups in total. The van der Waals surface area contributed by atoms with E-state index in [1.54, 1.807) is 30.5 Å². The molecule has 0 radical (unpaired) electrons. The fraction of sp³-hybridized carbons (Fsp3) is 0.333. The van der Waals surface area contributed by atoms with E-state index in [0.717, 1.165) is 59.3 Å². The first-order chi connectivity index (χ1) is 23.9. The van der Waals surface area contributed by atoms with Gasteiger partial charge in [-0.15, -0.1) is 0 Å². The second kappa shape index (κ2) is 12.9. The summed E-state index contributed by atoms with van der Waals surface area (Å²) >= 11 is 0. The van der Waals surface area contributed by atoms with Crippen LogP contribution in [0, 0.1) is 5.92 Å². The van der Waals surface area contributed by atoms with Crippen molar-refractivity contribution in [3.8, 4) is 28.0 Å². The topological polar surface area (TPSA) is 154 Å². The van der Waals surface area contributed by atoms with Gasteiger partial charge in [-0.25, -0.2) is 15.0 Å². The number of fused-ring (bicyclic) bond motifs is 1. The second-order valence-electron chi connectivity index (χ2n) is 12.8. The average Bonchev–Trinajstić information content (AvgIpc) is 3.87. The van der Waals surface area contributed by atoms with Gasteiger partial charge in [-0.3, -0.25) is 19.2 Å². The van der Waals surface area contributed by atoms with Gasteiger partial charge < -0.3 is 25.4 Å². The molecule has 0 bridgehead atoms. The first-order valence-electron chi connectivity index (χ1n) is 16.6. The van der Waals surface area contributed by atoms with Gasteiger partial charge in [0, 0.05) is 90.3 Å². The number of anilines is 2. The van der Waals surface area contributed by atoms with Crippen molar-refractivity contribution in [2.45, 2.75) is 25.4 Å². The molecule has 0 spiro atoms. The Hall–Kier alpha value is -5.40. The SMILES string of the molecule is COc1c(-c2cnn(C3CN(Cc4cccc(C(=O)N5CCOCC5)n4)C3)c2)cccc1-c1cnc(N)c2cnc(NC(=O)C3CC3)cc12. The van der Waals surface area contributed by atoms with Gasteiger partial charge in [0.25, 0.3) is 5.91 Å². The van der Waals surface area contributed by atoms with Crippen LogP contribution in [0.25, 0.3) is 33.0 Å². The average molecular weight is 660 g/mol. The Morgan fingerprint density at radius 2 is 1.78 bits per heavy atom. The number of aromatic nitrogens is 5. The van der Waals surface area contributed by atoms with Crippen LogP contribution in [-0.4, -0.2) is 92.8 Å². The number of amides is 2. The highest BCUT2D eigenvalue weighted by molar-refractivity contribution is 6.05. The molecule has 13 nitrogen and oxygen atoms in total. The summed E-state index contributed by atoms with van der Waals surface area (Å²) in [6.07, 6.45) is 9.13. The number of nitrogens with two attached hydrogens (primary N) is 1. The number of likely N-dealkylation sites (tertiary alicyclic amines) is 1. The number of pyridine rings is 3. The Labute approximate surface area is 283 Å². The number of benzene rings is 1. The summed E-state index contributed by atoms with van der Waals surface area (Å²) in [6, 6.07) is 13.7. The van der Waals surface area contributed by atoms with Crippen LogP contribution >= 0.6 is 0 Å². The van der Waals surface area contributed by atoms with E-state index in [0.29, 0.717) is 61.3 Å². The minimum Gasteiger partial charge on any atom is -0.495 e. The lowest BCUT2D eigenvalue weighted by Gasteiger charge is -2.39. The highest BCUT2D eigenvalue weighted by Gasteiger charge is 2.31. The number of nitrogens with zero attached hydrogens (tertiary/aromatic N) is 7. The van der Waals surface area contributed by atoms with Gasteiger partial charge in [-0.1, -0.05) is 24.3 Å². The molecule has 2 saturated heterocycles. The van der Waals surface area contributed by atoms with Crippen LogP contribution in [-0.2, 0) is 16.1 Å². The monoisotopic (exact) mass is 659 g/mol. The smallest absolute Gasteiger partial charge is 0.272 e. The van der Waals surface area contributed by atoms with Gasteiger partial charge in [-0.2, -0.15) is 5.10 Å². The molecule has 8 rings (SSSR count). The van der Waals surface area contributed by atoms with Crippen LogP contribution in [0.15, 0.2) is 67.3 Å². The van der Waals surface area contributed by atoms with Crippen LogP contribution in [0.5, 0.6) is 5.75 Å². The highest BCUT2D eigenvalue weighted by Crippen LogP contribution is 2.42. The molecule has 2 amide bonds. The fourth-order valence-electron chi connectivity index (χ4n) is 6.57. The Bertz CT molecular complexity index is 2050. The minimum absolute atomic E-state index is 0.0107. The number of ether oxygens (including phenoxy) is 2. The van der Waals surface area contributed by atoms with Crippen molar-refractivity contribution in [1.29, 1.82) is 0 Å². The van der Waals surface area contributed by atoms with E-state index in [-0.39, 0.29) is 23.8 Å². The quantitative estimate of drug-likeness (QED) is 0.237.